The van der Waals surface area contributed by atoms with Crippen molar-refractivity contribution in [1.82, 2.24) is 10.3 Å². The second-order valence-corrected chi connectivity index (χ2v) is 5.50. The van der Waals surface area contributed by atoms with E-state index in [4.69, 9.17) is 5.11 Å². The summed E-state index contributed by atoms with van der Waals surface area (Å²) in [6, 6.07) is 0.225. The molecular formula is C13H18N2O4. The molecule has 0 radical (unpaired) electrons. The molecule has 0 saturated heterocycles. The van der Waals surface area contributed by atoms with Crippen LogP contribution in [0.15, 0.2) is 17.1 Å². The van der Waals surface area contributed by atoms with E-state index in [1.54, 1.807) is 27.7 Å². The van der Waals surface area contributed by atoms with Crippen molar-refractivity contribution < 1.29 is 14.7 Å². The van der Waals surface area contributed by atoms with E-state index in [1.165, 1.54) is 12.3 Å². The highest BCUT2D eigenvalue weighted by atomic mass is 16.4. The normalized spacial score (nSPS) is 12.8. The third-order valence-corrected chi connectivity index (χ3v) is 2.69. The van der Waals surface area contributed by atoms with E-state index in [9.17, 15) is 14.4 Å². The molecule has 0 aliphatic heterocycles. The molecule has 0 bridgehead atoms. The Morgan fingerprint density at radius 3 is 2.37 bits per heavy atom. The van der Waals surface area contributed by atoms with Crippen LogP contribution in [0.2, 0.25) is 0 Å². The van der Waals surface area contributed by atoms with Gasteiger partial charge in [0.25, 0.3) is 5.91 Å². The van der Waals surface area contributed by atoms with E-state index in [-0.39, 0.29) is 5.56 Å². The van der Waals surface area contributed by atoms with Crippen molar-refractivity contribution in [1.29, 1.82) is 0 Å². The topological polar surface area (TPSA) is 99.3 Å². The number of aliphatic carboxylic acids is 1. The monoisotopic (exact) mass is 266 g/mol. The van der Waals surface area contributed by atoms with Crippen LogP contribution in [-0.2, 0) is 4.79 Å². The number of hydrogen-bond acceptors (Lipinski definition) is 3. The highest BCUT2D eigenvalue weighted by Crippen LogP contribution is 2.19. The fraction of sp³-hybridized carbons (Fsp3) is 0.462. The zero-order valence-electron chi connectivity index (χ0n) is 11.4. The first-order valence-corrected chi connectivity index (χ1v) is 5.86. The van der Waals surface area contributed by atoms with Gasteiger partial charge in [0.05, 0.1) is 0 Å². The van der Waals surface area contributed by atoms with Crippen LogP contribution in [0.25, 0.3) is 0 Å². The minimum absolute atomic E-state index is 0.0962. The molecule has 1 unspecified atom stereocenters. The molecule has 1 atom stereocenters. The molecule has 0 aliphatic carbocycles. The Balaban J connectivity index is 3.01. The summed E-state index contributed by atoms with van der Waals surface area (Å²) < 4.78 is 0. The third-order valence-electron chi connectivity index (χ3n) is 2.69. The predicted molar refractivity (Wildman–Crippen MR) is 70.1 cm³/mol. The minimum Gasteiger partial charge on any atom is -0.480 e. The van der Waals surface area contributed by atoms with Crippen molar-refractivity contribution in [3.8, 4) is 0 Å². The standard InChI is InChI=1S/C13H18N2O4/c1-7-5-9(16)8(6-14-7)11(17)15-10(12(18)19)13(2,3)4/h5-6,10H,1-4H3,(H,14,16)(H,15,17)(H,18,19). The first-order valence-electron chi connectivity index (χ1n) is 5.86. The second-order valence-electron chi connectivity index (χ2n) is 5.50. The maximum atomic E-state index is 11.9. The van der Waals surface area contributed by atoms with E-state index < -0.39 is 28.8 Å². The molecule has 0 spiro atoms. The molecule has 104 valence electrons. The summed E-state index contributed by atoms with van der Waals surface area (Å²) in [5, 5.41) is 11.5. The van der Waals surface area contributed by atoms with E-state index >= 15 is 0 Å². The Bertz CT molecular complexity index is 554. The molecule has 0 aliphatic rings. The molecule has 1 heterocycles. The molecular weight excluding hydrogens is 248 g/mol. The molecule has 3 N–H and O–H groups in total. The van der Waals surface area contributed by atoms with Crippen LogP contribution in [0.4, 0.5) is 0 Å². The molecule has 0 fully saturated rings. The zero-order valence-corrected chi connectivity index (χ0v) is 11.4. The van der Waals surface area contributed by atoms with E-state index in [0.29, 0.717) is 5.69 Å². The van der Waals surface area contributed by atoms with Crippen LogP contribution in [0.5, 0.6) is 0 Å². The van der Waals surface area contributed by atoms with Crippen LogP contribution in [0.3, 0.4) is 0 Å². The lowest BCUT2D eigenvalue weighted by molar-refractivity contribution is -0.142. The van der Waals surface area contributed by atoms with Crippen LogP contribution < -0.4 is 10.7 Å². The Hall–Kier alpha value is -2.11. The Morgan fingerprint density at radius 2 is 1.95 bits per heavy atom. The zero-order chi connectivity index (χ0) is 14.8. The number of H-pyrrole nitrogens is 1. The van der Waals surface area contributed by atoms with E-state index in [2.05, 4.69) is 10.3 Å². The number of carbonyl (C=O) groups is 2. The summed E-state index contributed by atoms with van der Waals surface area (Å²) in [7, 11) is 0. The molecule has 0 saturated carbocycles. The van der Waals surface area contributed by atoms with Crippen molar-refractivity contribution >= 4 is 11.9 Å². The lowest BCUT2D eigenvalue weighted by Gasteiger charge is -2.27. The van der Waals surface area contributed by atoms with Gasteiger partial charge in [0, 0.05) is 18.0 Å². The summed E-state index contributed by atoms with van der Waals surface area (Å²) in [5.41, 5.74) is -0.557. The van der Waals surface area contributed by atoms with Gasteiger partial charge in [-0.15, -0.1) is 0 Å². The molecule has 1 amide bonds. The van der Waals surface area contributed by atoms with Crippen molar-refractivity contribution in [2.75, 3.05) is 0 Å². The molecule has 1 rings (SSSR count). The van der Waals surface area contributed by atoms with Crippen molar-refractivity contribution in [3.05, 3.63) is 33.7 Å². The van der Waals surface area contributed by atoms with Gasteiger partial charge in [-0.05, 0) is 12.3 Å². The number of pyridine rings is 1. The second kappa shape index (κ2) is 5.26. The lowest BCUT2D eigenvalue weighted by Crippen LogP contribution is -2.49. The quantitative estimate of drug-likeness (QED) is 0.757. The maximum absolute atomic E-state index is 11.9. The number of amides is 1. The fourth-order valence-electron chi connectivity index (χ4n) is 1.61. The minimum atomic E-state index is -1.13. The highest BCUT2D eigenvalue weighted by molar-refractivity contribution is 5.96. The number of carbonyl (C=O) groups excluding carboxylic acids is 1. The molecule has 0 aromatic carbocycles. The maximum Gasteiger partial charge on any atom is 0.326 e. The van der Waals surface area contributed by atoms with Gasteiger partial charge in [-0.3, -0.25) is 9.59 Å². The molecule has 19 heavy (non-hydrogen) atoms. The smallest absolute Gasteiger partial charge is 0.326 e. The first kappa shape index (κ1) is 14.9. The molecule has 1 aromatic rings. The summed E-state index contributed by atoms with van der Waals surface area (Å²) in [6.07, 6.45) is 1.29. The van der Waals surface area contributed by atoms with E-state index in [1.807, 2.05) is 0 Å². The number of hydrogen-bond donors (Lipinski definition) is 3. The predicted octanol–water partition coefficient (Wildman–Crippen LogP) is 0.912. The Morgan fingerprint density at radius 1 is 1.37 bits per heavy atom. The number of aryl methyl sites for hydroxylation is 1. The first-order chi connectivity index (χ1) is 8.62. The van der Waals surface area contributed by atoms with Crippen LogP contribution in [0, 0.1) is 12.3 Å². The molecule has 1 aromatic heterocycles. The number of carboxylic acid groups (broad SMARTS) is 1. The number of rotatable bonds is 3. The van der Waals surface area contributed by atoms with Gasteiger partial charge in [0.2, 0.25) is 0 Å². The Kier molecular flexibility index (Phi) is 4.14. The fourth-order valence-corrected chi connectivity index (χ4v) is 1.61. The largest absolute Gasteiger partial charge is 0.480 e. The van der Waals surface area contributed by atoms with Crippen LogP contribution in [-0.4, -0.2) is 28.0 Å². The van der Waals surface area contributed by atoms with E-state index in [0.717, 1.165) is 0 Å². The summed E-state index contributed by atoms with van der Waals surface area (Å²) in [6.45, 7) is 6.79. The summed E-state index contributed by atoms with van der Waals surface area (Å²) >= 11 is 0. The van der Waals surface area contributed by atoms with Crippen molar-refractivity contribution in [2.45, 2.75) is 33.7 Å². The van der Waals surface area contributed by atoms with Gasteiger partial charge >= 0.3 is 5.97 Å². The molecule has 6 nitrogen and oxygen atoms in total. The average molecular weight is 266 g/mol. The number of nitrogens with one attached hydrogen (secondary N) is 2. The lowest BCUT2D eigenvalue weighted by atomic mass is 9.86. The summed E-state index contributed by atoms with van der Waals surface area (Å²) in [4.78, 5) is 37.5. The van der Waals surface area contributed by atoms with Gasteiger partial charge in [-0.1, -0.05) is 20.8 Å². The van der Waals surface area contributed by atoms with Crippen LogP contribution in [0.1, 0.15) is 36.8 Å². The van der Waals surface area contributed by atoms with Gasteiger partial charge in [-0.2, -0.15) is 0 Å². The van der Waals surface area contributed by atoms with Crippen molar-refractivity contribution in [2.24, 2.45) is 5.41 Å². The van der Waals surface area contributed by atoms with Gasteiger partial charge in [-0.25, -0.2) is 4.79 Å². The van der Waals surface area contributed by atoms with Gasteiger partial charge in [0.1, 0.15) is 11.6 Å². The SMILES string of the molecule is Cc1cc(=O)c(C(=O)NC(C(=O)O)C(C)(C)C)c[nH]1. The Labute approximate surface area is 110 Å². The van der Waals surface area contributed by atoms with Crippen molar-refractivity contribution in [3.63, 3.8) is 0 Å². The number of carboxylic acids is 1. The summed E-state index contributed by atoms with van der Waals surface area (Å²) in [5.74, 6) is -1.83. The number of aromatic nitrogens is 1. The highest BCUT2D eigenvalue weighted by Gasteiger charge is 2.33. The van der Waals surface area contributed by atoms with Gasteiger partial charge in [0.15, 0.2) is 5.43 Å². The molecule has 6 heteroatoms. The average Bonchev–Trinajstić information content (AvgIpc) is 2.23. The third kappa shape index (κ3) is 3.67. The number of aromatic amines is 1. The van der Waals surface area contributed by atoms with Crippen LogP contribution >= 0.6 is 0 Å². The van der Waals surface area contributed by atoms with Gasteiger partial charge < -0.3 is 15.4 Å².